The number of hydrogen-bond acceptors (Lipinski definition) is 3. The molecule has 0 fully saturated rings. The lowest BCUT2D eigenvalue weighted by Crippen LogP contribution is -1.98. The molecule has 0 saturated carbocycles. The van der Waals surface area contributed by atoms with Gasteiger partial charge in [0.2, 0.25) is 0 Å². The van der Waals surface area contributed by atoms with Crippen molar-refractivity contribution in [3.63, 3.8) is 0 Å². The van der Waals surface area contributed by atoms with E-state index in [0.29, 0.717) is 17.7 Å². The van der Waals surface area contributed by atoms with Crippen LogP contribution in [0.3, 0.4) is 0 Å². The van der Waals surface area contributed by atoms with Crippen LogP contribution in [0.4, 0.5) is 4.39 Å². The van der Waals surface area contributed by atoms with E-state index in [1.807, 2.05) is 6.07 Å². The summed E-state index contributed by atoms with van der Waals surface area (Å²) in [7, 11) is 0. The SMILES string of the molecule is Fc1cccc(CBr)c1OCc1cncs1. The molecule has 0 unspecified atom stereocenters. The van der Waals surface area contributed by atoms with Crippen molar-refractivity contribution in [1.29, 1.82) is 0 Å². The second-order valence-corrected chi connectivity index (χ2v) is 4.65. The third kappa shape index (κ3) is 2.59. The highest BCUT2D eigenvalue weighted by Gasteiger charge is 2.09. The highest BCUT2D eigenvalue weighted by atomic mass is 79.9. The van der Waals surface area contributed by atoms with Gasteiger partial charge in [-0.05, 0) is 6.07 Å². The van der Waals surface area contributed by atoms with Crippen LogP contribution >= 0.6 is 27.3 Å². The average Bonchev–Trinajstić information content (AvgIpc) is 2.80. The molecule has 2 rings (SSSR count). The predicted octanol–water partition coefficient (Wildman–Crippen LogP) is 3.76. The maximum absolute atomic E-state index is 13.5. The van der Waals surface area contributed by atoms with Crippen molar-refractivity contribution in [2.24, 2.45) is 0 Å². The third-order valence-corrected chi connectivity index (χ3v) is 3.39. The summed E-state index contributed by atoms with van der Waals surface area (Å²) in [5.41, 5.74) is 2.54. The first-order valence-corrected chi connectivity index (χ1v) is 6.65. The molecule has 0 aliphatic carbocycles. The van der Waals surface area contributed by atoms with Crippen LogP contribution in [0.1, 0.15) is 10.4 Å². The van der Waals surface area contributed by atoms with Crippen LogP contribution in [0.2, 0.25) is 0 Å². The van der Waals surface area contributed by atoms with E-state index in [4.69, 9.17) is 4.74 Å². The minimum Gasteiger partial charge on any atom is -0.485 e. The fraction of sp³-hybridized carbons (Fsp3) is 0.182. The van der Waals surface area contributed by atoms with Crippen LogP contribution < -0.4 is 4.74 Å². The fourth-order valence-corrected chi connectivity index (χ4v) is 2.22. The second kappa shape index (κ2) is 5.41. The van der Waals surface area contributed by atoms with Gasteiger partial charge in [0.15, 0.2) is 11.6 Å². The molecule has 2 nitrogen and oxygen atoms in total. The van der Waals surface area contributed by atoms with Crippen LogP contribution in [-0.4, -0.2) is 4.98 Å². The van der Waals surface area contributed by atoms with Gasteiger partial charge in [0.1, 0.15) is 6.61 Å². The van der Waals surface area contributed by atoms with Gasteiger partial charge >= 0.3 is 0 Å². The Morgan fingerprint density at radius 3 is 3.00 bits per heavy atom. The Kier molecular flexibility index (Phi) is 3.90. The molecule has 0 bridgehead atoms. The Bertz CT molecular complexity index is 461. The van der Waals surface area contributed by atoms with Crippen LogP contribution in [0.5, 0.6) is 5.75 Å². The molecule has 1 heterocycles. The Balaban J connectivity index is 2.14. The summed E-state index contributed by atoms with van der Waals surface area (Å²) in [6.07, 6.45) is 1.72. The Hall–Kier alpha value is -0.940. The number of benzene rings is 1. The van der Waals surface area contributed by atoms with E-state index < -0.39 is 0 Å². The first-order chi connectivity index (χ1) is 7.81. The van der Waals surface area contributed by atoms with Crippen molar-refractivity contribution in [2.75, 3.05) is 0 Å². The summed E-state index contributed by atoms with van der Waals surface area (Å²) in [4.78, 5) is 4.91. The van der Waals surface area contributed by atoms with Gasteiger partial charge in [-0.15, -0.1) is 11.3 Å². The zero-order valence-corrected chi connectivity index (χ0v) is 10.7. The fourth-order valence-electron chi connectivity index (χ4n) is 1.28. The summed E-state index contributed by atoms with van der Waals surface area (Å²) in [6, 6.07) is 4.90. The summed E-state index contributed by atoms with van der Waals surface area (Å²) in [5, 5.41) is 0.572. The van der Waals surface area contributed by atoms with E-state index in [9.17, 15) is 4.39 Å². The number of ether oxygens (including phenoxy) is 1. The number of halogens is 2. The number of para-hydroxylation sites is 1. The third-order valence-electron chi connectivity index (χ3n) is 2.03. The summed E-state index contributed by atoms with van der Waals surface area (Å²) in [5.74, 6) is -0.0192. The average molecular weight is 302 g/mol. The monoisotopic (exact) mass is 301 g/mol. The normalized spacial score (nSPS) is 10.4. The van der Waals surface area contributed by atoms with Gasteiger partial charge in [0, 0.05) is 17.1 Å². The molecule has 1 aromatic heterocycles. The standard InChI is InChI=1S/C11H9BrFNOS/c12-4-8-2-1-3-10(13)11(8)15-6-9-5-14-7-16-9/h1-3,5,7H,4,6H2. The van der Waals surface area contributed by atoms with Crippen molar-refractivity contribution in [3.05, 3.63) is 46.2 Å². The van der Waals surface area contributed by atoms with E-state index >= 15 is 0 Å². The first-order valence-electron chi connectivity index (χ1n) is 4.65. The molecule has 0 aliphatic heterocycles. The number of rotatable bonds is 4. The van der Waals surface area contributed by atoms with Gasteiger partial charge in [-0.3, -0.25) is 4.98 Å². The van der Waals surface area contributed by atoms with Crippen LogP contribution in [0.15, 0.2) is 29.9 Å². The molecule has 2 aromatic rings. The zero-order valence-electron chi connectivity index (χ0n) is 8.32. The van der Waals surface area contributed by atoms with E-state index in [1.165, 1.54) is 17.4 Å². The number of hydrogen-bond donors (Lipinski definition) is 0. The highest BCUT2D eigenvalue weighted by Crippen LogP contribution is 2.25. The maximum Gasteiger partial charge on any atom is 0.165 e. The van der Waals surface area contributed by atoms with Crippen LogP contribution in [0.25, 0.3) is 0 Å². The quantitative estimate of drug-likeness (QED) is 0.802. The smallest absolute Gasteiger partial charge is 0.165 e. The molecule has 1 aromatic carbocycles. The molecule has 84 valence electrons. The molecule has 0 aliphatic rings. The van der Waals surface area contributed by atoms with Gasteiger partial charge in [-0.25, -0.2) is 4.39 Å². The second-order valence-electron chi connectivity index (χ2n) is 3.12. The van der Waals surface area contributed by atoms with Crippen molar-refractivity contribution in [2.45, 2.75) is 11.9 Å². The lowest BCUT2D eigenvalue weighted by molar-refractivity contribution is 0.291. The number of thiazole rings is 1. The minimum absolute atomic E-state index is 0.313. The minimum atomic E-state index is -0.332. The van der Waals surface area contributed by atoms with Gasteiger partial charge in [-0.1, -0.05) is 28.1 Å². The van der Waals surface area contributed by atoms with Gasteiger partial charge in [0.05, 0.1) is 10.4 Å². The van der Waals surface area contributed by atoms with E-state index in [0.717, 1.165) is 10.4 Å². The predicted molar refractivity (Wildman–Crippen MR) is 65.5 cm³/mol. The lowest BCUT2D eigenvalue weighted by Gasteiger charge is -2.09. The van der Waals surface area contributed by atoms with Crippen molar-refractivity contribution in [1.82, 2.24) is 4.98 Å². The van der Waals surface area contributed by atoms with Crippen molar-refractivity contribution in [3.8, 4) is 5.75 Å². The molecule has 0 atom stereocenters. The van der Waals surface area contributed by atoms with Gasteiger partial charge in [0.25, 0.3) is 0 Å². The Morgan fingerprint density at radius 1 is 1.44 bits per heavy atom. The molecule has 16 heavy (non-hydrogen) atoms. The Morgan fingerprint density at radius 2 is 2.31 bits per heavy atom. The van der Waals surface area contributed by atoms with E-state index in [-0.39, 0.29) is 5.82 Å². The zero-order chi connectivity index (χ0) is 11.4. The van der Waals surface area contributed by atoms with Crippen LogP contribution in [0, 0.1) is 5.82 Å². The number of alkyl halides is 1. The molecule has 0 N–H and O–H groups in total. The summed E-state index contributed by atoms with van der Waals surface area (Å²) in [6.45, 7) is 0.353. The lowest BCUT2D eigenvalue weighted by atomic mass is 10.2. The molecule has 0 spiro atoms. The number of aromatic nitrogens is 1. The topological polar surface area (TPSA) is 22.1 Å². The Labute approximate surface area is 105 Å². The molecule has 0 radical (unpaired) electrons. The van der Waals surface area contributed by atoms with E-state index in [2.05, 4.69) is 20.9 Å². The molecule has 5 heteroatoms. The summed E-state index contributed by atoms with van der Waals surface area (Å²) < 4.78 is 19.0. The maximum atomic E-state index is 13.5. The molecule has 0 saturated heterocycles. The van der Waals surface area contributed by atoms with Crippen molar-refractivity contribution >= 4 is 27.3 Å². The van der Waals surface area contributed by atoms with Crippen molar-refractivity contribution < 1.29 is 9.13 Å². The largest absolute Gasteiger partial charge is 0.485 e. The van der Waals surface area contributed by atoms with Crippen LogP contribution in [-0.2, 0) is 11.9 Å². The van der Waals surface area contributed by atoms with E-state index in [1.54, 1.807) is 17.8 Å². The molecule has 0 amide bonds. The summed E-state index contributed by atoms with van der Waals surface area (Å²) >= 11 is 4.80. The molecular formula is C11H9BrFNOS. The number of nitrogens with zero attached hydrogens (tertiary/aromatic N) is 1. The first kappa shape index (κ1) is 11.5. The molecular weight excluding hydrogens is 293 g/mol. The van der Waals surface area contributed by atoms with Gasteiger partial charge in [-0.2, -0.15) is 0 Å². The highest BCUT2D eigenvalue weighted by molar-refractivity contribution is 9.08. The van der Waals surface area contributed by atoms with Gasteiger partial charge < -0.3 is 4.74 Å².